The minimum Gasteiger partial charge on any atom is -0.478 e. The smallest absolute Gasteiger partial charge is 0.338 e. The second kappa shape index (κ2) is 5.38. The quantitative estimate of drug-likeness (QED) is 0.885. The largest absolute Gasteiger partial charge is 0.478 e. The number of hydrogen-bond acceptors (Lipinski definition) is 3. The van der Waals surface area contributed by atoms with Crippen molar-refractivity contribution in [3.63, 3.8) is 0 Å². The van der Waals surface area contributed by atoms with Crippen molar-refractivity contribution in [2.75, 3.05) is 6.54 Å². The highest BCUT2D eigenvalue weighted by atomic mass is 16.4. The maximum Gasteiger partial charge on any atom is 0.338 e. The summed E-state index contributed by atoms with van der Waals surface area (Å²) in [6.45, 7) is 4.76. The number of piperidine rings is 1. The molecule has 2 atom stereocenters. The van der Waals surface area contributed by atoms with Crippen LogP contribution in [-0.2, 0) is 0 Å². The summed E-state index contributed by atoms with van der Waals surface area (Å²) in [5.41, 5.74) is 0.00822. The zero-order valence-corrected chi connectivity index (χ0v) is 11.2. The normalized spacial score (nSPS) is 23.2. The average molecular weight is 262 g/mol. The van der Waals surface area contributed by atoms with Gasteiger partial charge in [-0.15, -0.1) is 0 Å². The van der Waals surface area contributed by atoms with E-state index in [0.717, 1.165) is 12.8 Å². The van der Waals surface area contributed by atoms with Crippen LogP contribution in [0.3, 0.4) is 0 Å². The maximum absolute atomic E-state index is 12.5. The van der Waals surface area contributed by atoms with Crippen LogP contribution in [0, 0.1) is 5.92 Å². The molecule has 1 N–H and O–H groups in total. The van der Waals surface area contributed by atoms with Crippen molar-refractivity contribution in [2.45, 2.75) is 32.7 Å². The number of carboxylic acid groups (broad SMARTS) is 1. The highest BCUT2D eigenvalue weighted by molar-refractivity contribution is 6.03. The molecule has 1 aliphatic rings. The van der Waals surface area contributed by atoms with Crippen LogP contribution in [0.15, 0.2) is 18.3 Å². The van der Waals surface area contributed by atoms with E-state index in [1.54, 1.807) is 4.90 Å². The lowest BCUT2D eigenvalue weighted by Gasteiger charge is -2.36. The molecule has 1 aromatic heterocycles. The molecule has 2 rings (SSSR count). The van der Waals surface area contributed by atoms with Crippen molar-refractivity contribution in [1.82, 2.24) is 9.88 Å². The van der Waals surface area contributed by atoms with Gasteiger partial charge < -0.3 is 10.0 Å². The highest BCUT2D eigenvalue weighted by Gasteiger charge is 2.30. The average Bonchev–Trinajstić information content (AvgIpc) is 2.40. The van der Waals surface area contributed by atoms with Gasteiger partial charge in [0.1, 0.15) is 5.69 Å². The van der Waals surface area contributed by atoms with Gasteiger partial charge in [0, 0.05) is 18.8 Å². The molecule has 1 aromatic rings. The molecule has 0 aromatic carbocycles. The van der Waals surface area contributed by atoms with Crippen LogP contribution >= 0.6 is 0 Å². The number of nitrogens with zero attached hydrogens (tertiary/aromatic N) is 2. The van der Waals surface area contributed by atoms with Crippen molar-refractivity contribution in [3.05, 3.63) is 29.6 Å². The fourth-order valence-corrected chi connectivity index (χ4v) is 2.46. The molecular formula is C14H18N2O3. The van der Waals surface area contributed by atoms with Gasteiger partial charge in [0.25, 0.3) is 5.91 Å². The number of rotatable bonds is 2. The Balaban J connectivity index is 2.31. The Kier molecular flexibility index (Phi) is 3.83. The van der Waals surface area contributed by atoms with Crippen molar-refractivity contribution >= 4 is 11.9 Å². The summed E-state index contributed by atoms with van der Waals surface area (Å²) in [6.07, 6.45) is 3.50. The van der Waals surface area contributed by atoms with Crippen LogP contribution in [0.1, 0.15) is 47.5 Å². The topological polar surface area (TPSA) is 70.5 Å². The molecule has 19 heavy (non-hydrogen) atoms. The first kappa shape index (κ1) is 13.5. The van der Waals surface area contributed by atoms with E-state index in [0.29, 0.717) is 12.5 Å². The summed E-state index contributed by atoms with van der Waals surface area (Å²) in [5, 5.41) is 9.12. The summed E-state index contributed by atoms with van der Waals surface area (Å²) < 4.78 is 0. The number of aromatic carboxylic acids is 1. The van der Waals surface area contributed by atoms with Gasteiger partial charge in [-0.3, -0.25) is 9.78 Å². The third kappa shape index (κ3) is 2.75. The van der Waals surface area contributed by atoms with Gasteiger partial charge in [0.2, 0.25) is 0 Å². The van der Waals surface area contributed by atoms with Gasteiger partial charge in [-0.25, -0.2) is 4.79 Å². The number of carbonyl (C=O) groups is 2. The van der Waals surface area contributed by atoms with E-state index >= 15 is 0 Å². The fraction of sp³-hybridized carbons (Fsp3) is 0.500. The maximum atomic E-state index is 12.5. The molecule has 0 saturated carbocycles. The molecular weight excluding hydrogens is 244 g/mol. The van der Waals surface area contributed by atoms with Crippen LogP contribution in [0.2, 0.25) is 0 Å². The van der Waals surface area contributed by atoms with Gasteiger partial charge in [-0.05, 0) is 37.8 Å². The monoisotopic (exact) mass is 262 g/mol. The fourth-order valence-electron chi connectivity index (χ4n) is 2.46. The molecule has 1 amide bonds. The van der Waals surface area contributed by atoms with Gasteiger partial charge >= 0.3 is 5.97 Å². The second-order valence-corrected chi connectivity index (χ2v) is 5.19. The van der Waals surface area contributed by atoms with Crippen LogP contribution in [0.5, 0.6) is 0 Å². The Labute approximate surface area is 112 Å². The zero-order valence-electron chi connectivity index (χ0n) is 11.2. The van der Waals surface area contributed by atoms with Crippen LogP contribution in [0.4, 0.5) is 0 Å². The predicted octanol–water partition coefficient (Wildman–Crippen LogP) is 2.04. The number of carboxylic acids is 1. The molecule has 1 aliphatic heterocycles. The Morgan fingerprint density at radius 2 is 2.11 bits per heavy atom. The highest BCUT2D eigenvalue weighted by Crippen LogP contribution is 2.23. The number of hydrogen-bond donors (Lipinski definition) is 1. The number of aromatic nitrogens is 1. The molecule has 0 bridgehead atoms. The standard InChI is InChI=1S/C14H18N2O3/c1-9-5-6-10(2)16(8-9)13(17)12-11(14(18)19)4-3-7-15-12/h3-4,7,9-10H,5-6,8H2,1-2H3,(H,18,19). The molecule has 5 nitrogen and oxygen atoms in total. The molecule has 0 spiro atoms. The van der Waals surface area contributed by atoms with Crippen molar-refractivity contribution < 1.29 is 14.7 Å². The first-order chi connectivity index (χ1) is 9.00. The summed E-state index contributed by atoms with van der Waals surface area (Å²) >= 11 is 0. The minimum atomic E-state index is -1.12. The Morgan fingerprint density at radius 3 is 2.79 bits per heavy atom. The summed E-state index contributed by atoms with van der Waals surface area (Å²) in [7, 11) is 0. The van der Waals surface area contributed by atoms with Crippen LogP contribution in [0.25, 0.3) is 0 Å². The summed E-state index contributed by atoms with van der Waals surface area (Å²) in [6, 6.07) is 3.08. The first-order valence-corrected chi connectivity index (χ1v) is 6.50. The van der Waals surface area contributed by atoms with E-state index in [1.807, 2.05) is 6.92 Å². The first-order valence-electron chi connectivity index (χ1n) is 6.50. The van der Waals surface area contributed by atoms with Gasteiger partial charge in [-0.2, -0.15) is 0 Å². The molecule has 1 fully saturated rings. The van der Waals surface area contributed by atoms with Gasteiger partial charge in [0.15, 0.2) is 0 Å². The number of likely N-dealkylation sites (tertiary alicyclic amines) is 1. The Morgan fingerprint density at radius 1 is 1.37 bits per heavy atom. The third-order valence-electron chi connectivity index (χ3n) is 3.62. The van der Waals surface area contributed by atoms with E-state index in [9.17, 15) is 9.59 Å². The van der Waals surface area contributed by atoms with E-state index in [2.05, 4.69) is 11.9 Å². The van der Waals surface area contributed by atoms with Crippen molar-refractivity contribution in [2.24, 2.45) is 5.92 Å². The molecule has 1 saturated heterocycles. The molecule has 5 heteroatoms. The van der Waals surface area contributed by atoms with E-state index < -0.39 is 5.97 Å². The molecule has 102 valence electrons. The SMILES string of the molecule is CC1CCC(C)N(C(=O)c2ncccc2C(=O)O)C1. The number of amides is 1. The Bertz CT molecular complexity index is 501. The lowest BCUT2D eigenvalue weighted by molar-refractivity contribution is 0.0554. The molecule has 0 radical (unpaired) electrons. The van der Waals surface area contributed by atoms with Crippen LogP contribution < -0.4 is 0 Å². The van der Waals surface area contributed by atoms with E-state index in [1.165, 1.54) is 18.3 Å². The van der Waals surface area contributed by atoms with E-state index in [-0.39, 0.29) is 23.2 Å². The minimum absolute atomic E-state index is 0.0297. The number of carbonyl (C=O) groups excluding carboxylic acids is 1. The van der Waals surface area contributed by atoms with Crippen molar-refractivity contribution in [3.8, 4) is 0 Å². The van der Waals surface area contributed by atoms with Gasteiger partial charge in [0.05, 0.1) is 5.56 Å². The molecule has 2 unspecified atom stereocenters. The Hall–Kier alpha value is -1.91. The summed E-state index contributed by atoms with van der Waals surface area (Å²) in [5.74, 6) is -0.955. The number of pyridine rings is 1. The van der Waals surface area contributed by atoms with Crippen molar-refractivity contribution in [1.29, 1.82) is 0 Å². The zero-order chi connectivity index (χ0) is 14.0. The second-order valence-electron chi connectivity index (χ2n) is 5.19. The summed E-state index contributed by atoms with van der Waals surface area (Å²) in [4.78, 5) is 29.3. The molecule has 2 heterocycles. The lowest BCUT2D eigenvalue weighted by atomic mass is 9.94. The van der Waals surface area contributed by atoms with E-state index in [4.69, 9.17) is 5.11 Å². The predicted molar refractivity (Wildman–Crippen MR) is 70.1 cm³/mol. The lowest BCUT2D eigenvalue weighted by Crippen LogP contribution is -2.45. The van der Waals surface area contributed by atoms with Crippen LogP contribution in [-0.4, -0.2) is 39.5 Å². The van der Waals surface area contributed by atoms with Gasteiger partial charge in [-0.1, -0.05) is 6.92 Å². The molecule has 0 aliphatic carbocycles. The third-order valence-corrected chi connectivity index (χ3v) is 3.62.